The highest BCUT2D eigenvalue weighted by molar-refractivity contribution is 5.83. The number of anilines is 1. The van der Waals surface area contributed by atoms with E-state index >= 15 is 0 Å². The molecular formula is C32H35F6NO3. The first-order valence-corrected chi connectivity index (χ1v) is 13.7. The van der Waals surface area contributed by atoms with Gasteiger partial charge in [-0.1, -0.05) is 51.5 Å². The molecule has 10 heteroatoms. The van der Waals surface area contributed by atoms with Crippen LogP contribution in [-0.2, 0) is 22.9 Å². The van der Waals surface area contributed by atoms with Crippen molar-refractivity contribution in [3.05, 3.63) is 83.4 Å². The molecule has 0 amide bonds. The summed E-state index contributed by atoms with van der Waals surface area (Å²) in [5, 5.41) is 10.2. The first-order valence-electron chi connectivity index (χ1n) is 13.7. The molecule has 1 N–H and O–H groups in total. The van der Waals surface area contributed by atoms with Gasteiger partial charge < -0.3 is 14.7 Å². The van der Waals surface area contributed by atoms with E-state index < -0.39 is 29.5 Å². The van der Waals surface area contributed by atoms with E-state index in [0.29, 0.717) is 59.8 Å². The molecule has 42 heavy (non-hydrogen) atoms. The first-order chi connectivity index (χ1) is 19.5. The molecule has 1 atom stereocenters. The Morgan fingerprint density at radius 1 is 0.881 bits per heavy atom. The molecule has 0 aliphatic rings. The summed E-state index contributed by atoms with van der Waals surface area (Å²) >= 11 is 0. The van der Waals surface area contributed by atoms with Crippen molar-refractivity contribution in [2.24, 2.45) is 5.92 Å². The highest BCUT2D eigenvalue weighted by Gasteiger charge is 2.35. The second kappa shape index (κ2) is 13.1. The Morgan fingerprint density at radius 3 is 2.00 bits per heavy atom. The summed E-state index contributed by atoms with van der Waals surface area (Å²) in [6, 6.07) is 15.5. The normalized spacial score (nSPS) is 13.6. The number of carboxylic acids is 1. The van der Waals surface area contributed by atoms with E-state index in [1.807, 2.05) is 31.7 Å². The van der Waals surface area contributed by atoms with Gasteiger partial charge in [-0.15, -0.1) is 13.2 Å². The molecule has 3 aromatic rings. The van der Waals surface area contributed by atoms with E-state index in [2.05, 4.69) is 4.74 Å². The molecule has 4 nitrogen and oxygen atoms in total. The number of benzene rings is 3. The highest BCUT2D eigenvalue weighted by Crippen LogP contribution is 2.38. The quantitative estimate of drug-likeness (QED) is 0.212. The summed E-state index contributed by atoms with van der Waals surface area (Å²) in [5.41, 5.74) is 0.863. The Hall–Kier alpha value is -3.69. The van der Waals surface area contributed by atoms with Crippen LogP contribution in [0.25, 0.3) is 11.1 Å². The SMILES string of the molecule is CCCC(C)(C(=O)O)c1cc(-c2ccc(C(F)(F)F)cc2)cc(N(CCC(C)C)Cc2ccc(OC(F)(F)F)cc2)c1. The number of carbonyl (C=O) groups is 1. The highest BCUT2D eigenvalue weighted by atomic mass is 19.4. The smallest absolute Gasteiger partial charge is 0.481 e. The molecule has 3 aromatic carbocycles. The van der Waals surface area contributed by atoms with Crippen LogP contribution in [0.4, 0.5) is 32.0 Å². The zero-order chi connectivity index (χ0) is 31.3. The van der Waals surface area contributed by atoms with Crippen molar-refractivity contribution >= 4 is 11.7 Å². The predicted molar refractivity (Wildman–Crippen MR) is 150 cm³/mol. The van der Waals surface area contributed by atoms with E-state index in [4.69, 9.17) is 0 Å². The predicted octanol–water partition coefficient (Wildman–Crippen LogP) is 9.47. The van der Waals surface area contributed by atoms with Crippen LogP contribution in [0.2, 0.25) is 0 Å². The van der Waals surface area contributed by atoms with Crippen LogP contribution in [0.5, 0.6) is 5.75 Å². The first kappa shape index (κ1) is 32.8. The minimum Gasteiger partial charge on any atom is -0.481 e. The molecule has 0 bridgehead atoms. The molecule has 228 valence electrons. The molecule has 0 fully saturated rings. The van der Waals surface area contributed by atoms with Gasteiger partial charge in [0.05, 0.1) is 11.0 Å². The summed E-state index contributed by atoms with van der Waals surface area (Å²) in [7, 11) is 0. The maximum Gasteiger partial charge on any atom is 0.573 e. The Bertz CT molecular complexity index is 1330. The molecule has 0 aliphatic heterocycles. The Kier molecular flexibility index (Phi) is 10.2. The van der Waals surface area contributed by atoms with Crippen LogP contribution in [0.15, 0.2) is 66.7 Å². The molecule has 0 aromatic heterocycles. The van der Waals surface area contributed by atoms with Gasteiger partial charge in [0.2, 0.25) is 0 Å². The molecule has 0 radical (unpaired) electrons. The summed E-state index contributed by atoms with van der Waals surface area (Å²) in [4.78, 5) is 14.5. The molecular weight excluding hydrogens is 560 g/mol. The summed E-state index contributed by atoms with van der Waals surface area (Å²) in [6.07, 6.45) is -7.62. The average Bonchev–Trinajstić information content (AvgIpc) is 2.90. The number of nitrogens with zero attached hydrogens (tertiary/aromatic N) is 1. The lowest BCUT2D eigenvalue weighted by atomic mass is 9.77. The van der Waals surface area contributed by atoms with E-state index in [9.17, 15) is 36.2 Å². The summed E-state index contributed by atoms with van der Waals surface area (Å²) in [6.45, 7) is 8.45. The Morgan fingerprint density at radius 2 is 1.50 bits per heavy atom. The molecule has 3 rings (SSSR count). The van der Waals surface area contributed by atoms with Crippen LogP contribution in [0.1, 0.15) is 63.6 Å². The fraction of sp³-hybridized carbons (Fsp3) is 0.406. The third-order valence-corrected chi connectivity index (χ3v) is 7.19. The fourth-order valence-corrected chi connectivity index (χ4v) is 4.74. The lowest BCUT2D eigenvalue weighted by Crippen LogP contribution is -2.33. The van der Waals surface area contributed by atoms with Crippen LogP contribution in [0, 0.1) is 5.92 Å². The van der Waals surface area contributed by atoms with Gasteiger partial charge in [-0.2, -0.15) is 13.2 Å². The number of hydrogen-bond acceptors (Lipinski definition) is 3. The van der Waals surface area contributed by atoms with Crippen LogP contribution >= 0.6 is 0 Å². The van der Waals surface area contributed by atoms with Gasteiger partial charge >= 0.3 is 18.5 Å². The zero-order valence-corrected chi connectivity index (χ0v) is 23.9. The van der Waals surface area contributed by atoms with E-state index in [1.54, 1.807) is 19.1 Å². The van der Waals surface area contributed by atoms with Crippen LogP contribution in [0.3, 0.4) is 0 Å². The molecule has 0 aliphatic carbocycles. The number of alkyl halides is 6. The van der Waals surface area contributed by atoms with Crippen molar-refractivity contribution in [3.63, 3.8) is 0 Å². The van der Waals surface area contributed by atoms with Crippen molar-refractivity contribution in [1.82, 2.24) is 0 Å². The van der Waals surface area contributed by atoms with E-state index in [1.165, 1.54) is 36.4 Å². The number of halogens is 6. The zero-order valence-electron chi connectivity index (χ0n) is 23.9. The standard InChI is InChI=1S/C32H35F6NO3/c1-5-15-30(4,29(40)41)26-17-24(23-8-10-25(11-9-23)31(33,34)35)18-27(19-26)39(16-14-21(2)3)20-22-6-12-28(13-7-22)42-32(36,37)38/h6-13,17-19,21H,5,14-16,20H2,1-4H3,(H,40,41). The topological polar surface area (TPSA) is 49.8 Å². The van der Waals surface area contributed by atoms with Gasteiger partial charge in [0.25, 0.3) is 0 Å². The minimum atomic E-state index is -4.81. The van der Waals surface area contributed by atoms with E-state index in [0.717, 1.165) is 18.6 Å². The lowest BCUT2D eigenvalue weighted by Gasteiger charge is -2.31. The molecule has 0 heterocycles. The molecule has 0 saturated carbocycles. The van der Waals surface area contributed by atoms with Crippen LogP contribution < -0.4 is 9.64 Å². The van der Waals surface area contributed by atoms with Gasteiger partial charge in [-0.05, 0) is 90.4 Å². The largest absolute Gasteiger partial charge is 0.573 e. The van der Waals surface area contributed by atoms with Gasteiger partial charge in [-0.3, -0.25) is 4.79 Å². The third-order valence-electron chi connectivity index (χ3n) is 7.19. The Balaban J connectivity index is 2.12. The molecule has 0 saturated heterocycles. The van der Waals surface area contributed by atoms with Gasteiger partial charge in [-0.25, -0.2) is 0 Å². The van der Waals surface area contributed by atoms with Gasteiger partial charge in [0.1, 0.15) is 5.75 Å². The van der Waals surface area contributed by atoms with Gasteiger partial charge in [0, 0.05) is 18.8 Å². The maximum absolute atomic E-state index is 13.2. The van der Waals surface area contributed by atoms with E-state index in [-0.39, 0.29) is 5.75 Å². The van der Waals surface area contributed by atoms with Crippen molar-refractivity contribution in [2.75, 3.05) is 11.4 Å². The Labute approximate surface area is 241 Å². The molecule has 1 unspecified atom stereocenters. The summed E-state index contributed by atoms with van der Waals surface area (Å²) < 4.78 is 81.5. The second-order valence-corrected chi connectivity index (χ2v) is 11.0. The number of ether oxygens (including phenoxy) is 1. The number of hydrogen-bond donors (Lipinski definition) is 1. The minimum absolute atomic E-state index is 0.298. The number of carboxylic acid groups (broad SMARTS) is 1. The van der Waals surface area contributed by atoms with Crippen molar-refractivity contribution in [3.8, 4) is 16.9 Å². The molecule has 0 spiro atoms. The second-order valence-electron chi connectivity index (χ2n) is 11.0. The fourth-order valence-electron chi connectivity index (χ4n) is 4.74. The van der Waals surface area contributed by atoms with Crippen molar-refractivity contribution < 1.29 is 41.0 Å². The summed E-state index contributed by atoms with van der Waals surface area (Å²) in [5.74, 6) is -1.05. The monoisotopic (exact) mass is 595 g/mol. The van der Waals surface area contributed by atoms with Crippen molar-refractivity contribution in [2.45, 2.75) is 71.5 Å². The number of aliphatic carboxylic acids is 1. The average molecular weight is 596 g/mol. The van der Waals surface area contributed by atoms with Crippen LogP contribution in [-0.4, -0.2) is 24.0 Å². The van der Waals surface area contributed by atoms with Crippen molar-refractivity contribution in [1.29, 1.82) is 0 Å². The number of rotatable bonds is 12. The maximum atomic E-state index is 13.2. The lowest BCUT2D eigenvalue weighted by molar-refractivity contribution is -0.274. The van der Waals surface area contributed by atoms with Gasteiger partial charge in [0.15, 0.2) is 0 Å². The third kappa shape index (κ3) is 8.66.